The number of phosphoric ester groups is 1. The molecule has 0 aromatic heterocycles. The summed E-state index contributed by atoms with van der Waals surface area (Å²) >= 11 is 0. The van der Waals surface area contributed by atoms with E-state index >= 15 is 0 Å². The Balaban J connectivity index is 4.36. The fourth-order valence-electron chi connectivity index (χ4n) is 4.93. The molecule has 0 amide bonds. The molecule has 322 valence electrons. The monoisotopic (exact) mass is 818 g/mol. The van der Waals surface area contributed by atoms with Crippen molar-refractivity contribution in [1.82, 2.24) is 0 Å². The molecule has 0 aliphatic rings. The first-order chi connectivity index (χ1) is 27.5. The first-order valence-corrected chi connectivity index (χ1v) is 22.0. The van der Waals surface area contributed by atoms with Crippen LogP contribution in [0.3, 0.4) is 0 Å². The minimum Gasteiger partial charge on any atom is -0.462 e. The average molecular weight is 819 g/mol. The molecule has 0 rings (SSSR count). The zero-order chi connectivity index (χ0) is 42.2. The van der Waals surface area contributed by atoms with Gasteiger partial charge in [-0.3, -0.25) is 14.1 Å². The first-order valence-electron chi connectivity index (χ1n) is 20.5. The van der Waals surface area contributed by atoms with Gasteiger partial charge < -0.3 is 34.6 Å². The molecule has 0 unspecified atom stereocenters. The van der Waals surface area contributed by atoms with Crippen LogP contribution in [0, 0.1) is 0 Å². The summed E-state index contributed by atoms with van der Waals surface area (Å²) in [4.78, 5) is 42.9. The third kappa shape index (κ3) is 39.2. The van der Waals surface area contributed by atoms with Crippen LogP contribution in [0.15, 0.2) is 109 Å². The van der Waals surface area contributed by atoms with Gasteiger partial charge in [0, 0.05) is 12.8 Å². The lowest BCUT2D eigenvalue weighted by molar-refractivity contribution is -0.161. The largest absolute Gasteiger partial charge is 0.469 e. The number of rotatable bonds is 35. The highest BCUT2D eigenvalue weighted by atomic mass is 31.2. The molecule has 12 heteroatoms. The highest BCUT2D eigenvalue weighted by molar-refractivity contribution is 7.46. The maximum absolute atomic E-state index is 12.4. The molecule has 5 N–H and O–H groups in total. The summed E-state index contributed by atoms with van der Waals surface area (Å²) in [7, 11) is -4.87. The van der Waals surface area contributed by atoms with E-state index in [0.29, 0.717) is 12.8 Å². The summed E-state index contributed by atoms with van der Waals surface area (Å²) < 4.78 is 26.1. The minimum atomic E-state index is -4.87. The summed E-state index contributed by atoms with van der Waals surface area (Å²) in [6.07, 6.45) is 43.2. The van der Waals surface area contributed by atoms with Crippen LogP contribution < -0.4 is 0 Å². The zero-order valence-electron chi connectivity index (χ0n) is 34.3. The number of allylic oxidation sites excluding steroid dienone is 15. The van der Waals surface area contributed by atoms with Gasteiger partial charge in [-0.1, -0.05) is 142 Å². The molecule has 0 bridgehead atoms. The SMILES string of the molecule is CC/C=C\C[C@H](O)/C=C/C=C/C=C\C=C/[C@@H](O)[C@H](O)CCCC(=O)O[C@H](COC(=O)CCCCC/C=C\C/C=C\C/C=C\C/C=C\CCCCC)COP(=O)(O)O. The number of ether oxygens (including phenoxy) is 2. The third-order valence-corrected chi connectivity index (χ3v) is 8.60. The third-order valence-electron chi connectivity index (χ3n) is 8.12. The molecule has 11 nitrogen and oxygen atoms in total. The number of phosphoric acid groups is 1. The van der Waals surface area contributed by atoms with Crippen molar-refractivity contribution in [2.24, 2.45) is 0 Å². The summed E-state index contributed by atoms with van der Waals surface area (Å²) in [6.45, 7) is 3.13. The van der Waals surface area contributed by atoms with Gasteiger partial charge in [0.15, 0.2) is 6.10 Å². The van der Waals surface area contributed by atoms with Crippen LogP contribution >= 0.6 is 7.82 Å². The van der Waals surface area contributed by atoms with E-state index in [4.69, 9.17) is 19.3 Å². The van der Waals surface area contributed by atoms with Crippen molar-refractivity contribution < 1.29 is 53.3 Å². The molecule has 4 atom stereocenters. The first kappa shape index (κ1) is 53.6. The van der Waals surface area contributed by atoms with E-state index in [0.717, 1.165) is 51.4 Å². The van der Waals surface area contributed by atoms with E-state index in [1.807, 2.05) is 19.1 Å². The molecular formula is C45H71O11P. The molecule has 0 aliphatic carbocycles. The zero-order valence-corrected chi connectivity index (χ0v) is 35.2. The van der Waals surface area contributed by atoms with Gasteiger partial charge >= 0.3 is 19.8 Å². The topological polar surface area (TPSA) is 180 Å². The number of carbonyl (C=O) groups excluding carboxylic acids is 2. The molecule has 0 saturated carbocycles. The van der Waals surface area contributed by atoms with Gasteiger partial charge in [0.25, 0.3) is 0 Å². The number of aliphatic hydroxyl groups is 3. The second-order valence-corrected chi connectivity index (χ2v) is 14.7. The highest BCUT2D eigenvalue weighted by Crippen LogP contribution is 2.36. The Bertz CT molecular complexity index is 1340. The number of aliphatic hydroxyl groups excluding tert-OH is 3. The van der Waals surface area contributed by atoms with Gasteiger partial charge in [-0.15, -0.1) is 0 Å². The molecule has 0 aliphatic heterocycles. The van der Waals surface area contributed by atoms with E-state index < -0.39 is 57.4 Å². The molecule has 0 heterocycles. The van der Waals surface area contributed by atoms with Gasteiger partial charge in [-0.25, -0.2) is 4.57 Å². The Morgan fingerprint density at radius 2 is 1.18 bits per heavy atom. The molecular weight excluding hydrogens is 747 g/mol. The van der Waals surface area contributed by atoms with Crippen LogP contribution in [0.1, 0.15) is 123 Å². The van der Waals surface area contributed by atoms with Crippen LogP contribution in [0.4, 0.5) is 0 Å². The van der Waals surface area contributed by atoms with E-state index in [-0.39, 0.29) is 25.7 Å². The van der Waals surface area contributed by atoms with Crippen molar-refractivity contribution >= 4 is 19.8 Å². The van der Waals surface area contributed by atoms with Gasteiger partial charge in [0.2, 0.25) is 0 Å². The number of hydrogen-bond donors (Lipinski definition) is 5. The van der Waals surface area contributed by atoms with Crippen molar-refractivity contribution in [3.63, 3.8) is 0 Å². The predicted octanol–water partition coefficient (Wildman–Crippen LogP) is 9.31. The molecule has 0 aromatic carbocycles. The fourth-order valence-corrected chi connectivity index (χ4v) is 5.29. The minimum absolute atomic E-state index is 0.0752. The molecule has 0 saturated heterocycles. The van der Waals surface area contributed by atoms with Gasteiger partial charge in [-0.05, 0) is 77.0 Å². The lowest BCUT2D eigenvalue weighted by Gasteiger charge is -2.19. The summed E-state index contributed by atoms with van der Waals surface area (Å²) in [6, 6.07) is 0. The maximum Gasteiger partial charge on any atom is 0.469 e. The summed E-state index contributed by atoms with van der Waals surface area (Å²) in [5, 5.41) is 30.3. The van der Waals surface area contributed by atoms with Crippen LogP contribution in [0.5, 0.6) is 0 Å². The Morgan fingerprint density at radius 3 is 1.77 bits per heavy atom. The molecule has 57 heavy (non-hydrogen) atoms. The second kappa shape index (κ2) is 38.1. The van der Waals surface area contributed by atoms with Crippen LogP contribution in [-0.2, 0) is 28.2 Å². The number of hydrogen-bond acceptors (Lipinski definition) is 9. The van der Waals surface area contributed by atoms with Crippen molar-refractivity contribution in [2.45, 2.75) is 147 Å². The Morgan fingerprint density at radius 1 is 0.614 bits per heavy atom. The van der Waals surface area contributed by atoms with Crippen molar-refractivity contribution in [1.29, 1.82) is 0 Å². The van der Waals surface area contributed by atoms with Crippen LogP contribution in [-0.4, -0.2) is 74.7 Å². The van der Waals surface area contributed by atoms with E-state index in [9.17, 15) is 29.5 Å². The van der Waals surface area contributed by atoms with Crippen molar-refractivity contribution in [2.75, 3.05) is 13.2 Å². The summed E-state index contributed by atoms with van der Waals surface area (Å²) in [5.41, 5.74) is 0. The number of unbranched alkanes of at least 4 members (excludes halogenated alkanes) is 6. The summed E-state index contributed by atoms with van der Waals surface area (Å²) in [5.74, 6) is -1.27. The predicted molar refractivity (Wildman–Crippen MR) is 229 cm³/mol. The van der Waals surface area contributed by atoms with Gasteiger partial charge in [-0.2, -0.15) is 0 Å². The smallest absolute Gasteiger partial charge is 0.462 e. The van der Waals surface area contributed by atoms with E-state index in [1.165, 1.54) is 25.3 Å². The van der Waals surface area contributed by atoms with E-state index in [1.54, 1.807) is 42.5 Å². The van der Waals surface area contributed by atoms with Gasteiger partial charge in [0.1, 0.15) is 6.61 Å². The lowest BCUT2D eigenvalue weighted by Crippen LogP contribution is -2.29. The highest BCUT2D eigenvalue weighted by Gasteiger charge is 2.23. The molecule has 0 spiro atoms. The van der Waals surface area contributed by atoms with Crippen molar-refractivity contribution in [3.8, 4) is 0 Å². The van der Waals surface area contributed by atoms with E-state index in [2.05, 4.69) is 60.1 Å². The van der Waals surface area contributed by atoms with Crippen molar-refractivity contribution in [3.05, 3.63) is 109 Å². The average Bonchev–Trinajstić information content (AvgIpc) is 3.17. The number of esters is 2. The Hall–Kier alpha value is -3.41. The van der Waals surface area contributed by atoms with Crippen LogP contribution in [0.25, 0.3) is 0 Å². The lowest BCUT2D eigenvalue weighted by atomic mass is 10.1. The fraction of sp³-hybridized carbons (Fsp3) is 0.556. The molecule has 0 radical (unpaired) electrons. The molecule has 0 fully saturated rings. The quantitative estimate of drug-likeness (QED) is 0.0135. The Labute approximate surface area is 342 Å². The van der Waals surface area contributed by atoms with Crippen LogP contribution in [0.2, 0.25) is 0 Å². The van der Waals surface area contributed by atoms with Gasteiger partial charge in [0.05, 0.1) is 24.9 Å². The number of carbonyl (C=O) groups is 2. The standard InChI is InChI=1S/C45H71O11P/c1-3-5-7-8-9-10-11-12-13-14-15-16-17-18-19-20-21-26-30-36-44(49)54-38-41(39-55-57(51,52)53)56-45(50)37-31-35-43(48)42(47)34-29-25-23-22-24-28-33-40(46)32-27-6-4-2/h6,9-10,12-13,15-16,18-19,22-25,27-29,33-34,40-43,46-48H,3-5,7-8,11,14,17,20-21,26,30-32,35-39H2,1-2H3,(H2,51,52,53)/b10-9-,13-12-,16-15-,19-18-,24-22+,25-23-,27-6-,33-28+,34-29-/t40-,41+,42+,43+/m0/s1. The molecule has 0 aromatic rings. The maximum atomic E-state index is 12.4. The second-order valence-electron chi connectivity index (χ2n) is 13.4. The normalized spacial score (nSPS) is 15.3. The Kier molecular flexibility index (Phi) is 35.8.